The Morgan fingerprint density at radius 1 is 1.50 bits per heavy atom. The highest BCUT2D eigenvalue weighted by Crippen LogP contribution is 2.31. The predicted molar refractivity (Wildman–Crippen MR) is 65.2 cm³/mol. The SMILES string of the molecule is CCCCC(C(=O)O)[C@H]1C[C@@H](C=O)OC(C)(C)O1. The maximum absolute atomic E-state index is 11.3. The van der Waals surface area contributed by atoms with Crippen molar-refractivity contribution in [3.63, 3.8) is 0 Å². The number of ether oxygens (including phenoxy) is 2. The number of hydrogen-bond acceptors (Lipinski definition) is 4. The summed E-state index contributed by atoms with van der Waals surface area (Å²) in [6.07, 6.45) is 2.33. The summed E-state index contributed by atoms with van der Waals surface area (Å²) in [6, 6.07) is 0. The van der Waals surface area contributed by atoms with Crippen molar-refractivity contribution in [1.82, 2.24) is 0 Å². The van der Waals surface area contributed by atoms with Crippen molar-refractivity contribution in [2.45, 2.75) is 64.4 Å². The lowest BCUT2D eigenvalue weighted by Gasteiger charge is -2.41. The molecule has 104 valence electrons. The topological polar surface area (TPSA) is 72.8 Å². The summed E-state index contributed by atoms with van der Waals surface area (Å²) in [4.78, 5) is 22.2. The number of aldehydes is 1. The van der Waals surface area contributed by atoms with Crippen molar-refractivity contribution >= 4 is 12.3 Å². The molecule has 0 spiro atoms. The Kier molecular flexibility index (Phi) is 5.28. The van der Waals surface area contributed by atoms with Gasteiger partial charge >= 0.3 is 5.97 Å². The fraction of sp³-hybridized carbons (Fsp3) is 0.846. The fourth-order valence-corrected chi connectivity index (χ4v) is 2.30. The Morgan fingerprint density at radius 3 is 2.67 bits per heavy atom. The molecule has 3 atom stereocenters. The summed E-state index contributed by atoms with van der Waals surface area (Å²) in [5, 5.41) is 9.27. The van der Waals surface area contributed by atoms with Crippen molar-refractivity contribution in [2.24, 2.45) is 5.92 Å². The van der Waals surface area contributed by atoms with E-state index in [0.717, 1.165) is 19.1 Å². The summed E-state index contributed by atoms with van der Waals surface area (Å²) >= 11 is 0. The van der Waals surface area contributed by atoms with E-state index in [1.165, 1.54) is 0 Å². The van der Waals surface area contributed by atoms with E-state index in [2.05, 4.69) is 0 Å². The van der Waals surface area contributed by atoms with E-state index in [4.69, 9.17) is 9.47 Å². The molecule has 0 amide bonds. The van der Waals surface area contributed by atoms with Crippen molar-refractivity contribution in [2.75, 3.05) is 0 Å². The molecule has 0 aromatic carbocycles. The first-order chi connectivity index (χ1) is 8.39. The molecule has 1 rings (SSSR count). The molecule has 1 unspecified atom stereocenters. The molecule has 5 heteroatoms. The van der Waals surface area contributed by atoms with Crippen LogP contribution in [0.1, 0.15) is 46.5 Å². The Bertz CT molecular complexity index is 300. The number of carbonyl (C=O) groups is 2. The van der Waals surface area contributed by atoms with Gasteiger partial charge in [-0.1, -0.05) is 19.8 Å². The van der Waals surface area contributed by atoms with Crippen LogP contribution in [-0.4, -0.2) is 35.4 Å². The molecule has 1 heterocycles. The molecule has 5 nitrogen and oxygen atoms in total. The van der Waals surface area contributed by atoms with Crippen LogP contribution in [-0.2, 0) is 19.1 Å². The van der Waals surface area contributed by atoms with Gasteiger partial charge in [-0.05, 0) is 20.3 Å². The van der Waals surface area contributed by atoms with Gasteiger partial charge in [0, 0.05) is 6.42 Å². The zero-order valence-electron chi connectivity index (χ0n) is 11.2. The first-order valence-electron chi connectivity index (χ1n) is 6.43. The molecule has 1 N–H and O–H groups in total. The van der Waals surface area contributed by atoms with Crippen molar-refractivity contribution in [3.8, 4) is 0 Å². The lowest BCUT2D eigenvalue weighted by Crippen LogP contribution is -2.49. The molecule has 1 aliphatic heterocycles. The second-order valence-corrected chi connectivity index (χ2v) is 5.17. The fourth-order valence-electron chi connectivity index (χ4n) is 2.30. The molecule has 1 saturated heterocycles. The largest absolute Gasteiger partial charge is 0.481 e. The van der Waals surface area contributed by atoms with E-state index >= 15 is 0 Å². The van der Waals surface area contributed by atoms with E-state index in [-0.39, 0.29) is 0 Å². The van der Waals surface area contributed by atoms with Gasteiger partial charge in [0.25, 0.3) is 0 Å². The molecule has 0 aromatic heterocycles. The van der Waals surface area contributed by atoms with Gasteiger partial charge in [-0.15, -0.1) is 0 Å². The summed E-state index contributed by atoms with van der Waals surface area (Å²) in [5.41, 5.74) is 0. The van der Waals surface area contributed by atoms with E-state index < -0.39 is 29.9 Å². The summed E-state index contributed by atoms with van der Waals surface area (Å²) in [5.74, 6) is -2.35. The maximum atomic E-state index is 11.3. The van der Waals surface area contributed by atoms with Gasteiger partial charge in [0.15, 0.2) is 5.79 Å². The predicted octanol–water partition coefficient (Wildman–Crippen LogP) is 1.99. The van der Waals surface area contributed by atoms with Crippen molar-refractivity contribution in [1.29, 1.82) is 0 Å². The molecule has 0 saturated carbocycles. The van der Waals surface area contributed by atoms with Gasteiger partial charge in [-0.3, -0.25) is 4.79 Å². The van der Waals surface area contributed by atoms with Crippen LogP contribution in [0.5, 0.6) is 0 Å². The number of carboxylic acid groups (broad SMARTS) is 1. The average Bonchev–Trinajstić information content (AvgIpc) is 2.27. The van der Waals surface area contributed by atoms with Crippen LogP contribution >= 0.6 is 0 Å². The van der Waals surface area contributed by atoms with Crippen LogP contribution in [0.15, 0.2) is 0 Å². The lowest BCUT2D eigenvalue weighted by atomic mass is 9.91. The highest BCUT2D eigenvalue weighted by Gasteiger charge is 2.41. The van der Waals surface area contributed by atoms with Crippen molar-refractivity contribution in [3.05, 3.63) is 0 Å². The van der Waals surface area contributed by atoms with Crippen LogP contribution in [0.3, 0.4) is 0 Å². The van der Waals surface area contributed by atoms with E-state index in [0.29, 0.717) is 12.8 Å². The van der Waals surface area contributed by atoms with Crippen LogP contribution in [0, 0.1) is 5.92 Å². The molecular formula is C13H22O5. The number of hydrogen-bond donors (Lipinski definition) is 1. The summed E-state index contributed by atoms with van der Waals surface area (Å²) in [6.45, 7) is 5.42. The minimum Gasteiger partial charge on any atom is -0.481 e. The Balaban J connectivity index is 2.76. The van der Waals surface area contributed by atoms with Gasteiger partial charge in [0.1, 0.15) is 12.4 Å². The Morgan fingerprint density at radius 2 is 2.17 bits per heavy atom. The molecular weight excluding hydrogens is 236 g/mol. The monoisotopic (exact) mass is 258 g/mol. The normalized spacial score (nSPS) is 28.6. The summed E-state index contributed by atoms with van der Waals surface area (Å²) < 4.78 is 11.1. The van der Waals surface area contributed by atoms with E-state index in [1.54, 1.807) is 13.8 Å². The van der Waals surface area contributed by atoms with Crippen LogP contribution < -0.4 is 0 Å². The van der Waals surface area contributed by atoms with Crippen LogP contribution in [0.25, 0.3) is 0 Å². The Hall–Kier alpha value is -0.940. The number of carbonyl (C=O) groups excluding carboxylic acids is 1. The maximum Gasteiger partial charge on any atom is 0.309 e. The molecule has 0 aliphatic carbocycles. The van der Waals surface area contributed by atoms with Gasteiger partial charge in [-0.25, -0.2) is 0 Å². The highest BCUT2D eigenvalue weighted by molar-refractivity contribution is 5.71. The first kappa shape index (κ1) is 15.1. The van der Waals surface area contributed by atoms with Gasteiger partial charge in [0.05, 0.1) is 12.0 Å². The number of carboxylic acids is 1. The Labute approximate surface area is 107 Å². The first-order valence-corrected chi connectivity index (χ1v) is 6.43. The average molecular weight is 258 g/mol. The molecule has 1 fully saturated rings. The zero-order chi connectivity index (χ0) is 13.8. The third-order valence-electron chi connectivity index (χ3n) is 3.12. The quantitative estimate of drug-likeness (QED) is 0.737. The van der Waals surface area contributed by atoms with E-state index in [1.807, 2.05) is 6.92 Å². The second kappa shape index (κ2) is 6.29. The highest BCUT2D eigenvalue weighted by atomic mass is 16.7. The molecule has 18 heavy (non-hydrogen) atoms. The standard InChI is InChI=1S/C13H22O5/c1-4-5-6-10(12(15)16)11-7-9(8-14)17-13(2,3)18-11/h8-11H,4-7H2,1-3H3,(H,15,16)/t9-,10?,11+/m0/s1. The molecule has 0 bridgehead atoms. The number of rotatable bonds is 6. The van der Waals surface area contributed by atoms with Crippen molar-refractivity contribution < 1.29 is 24.2 Å². The zero-order valence-corrected chi connectivity index (χ0v) is 11.2. The van der Waals surface area contributed by atoms with Crippen LogP contribution in [0.4, 0.5) is 0 Å². The van der Waals surface area contributed by atoms with Gasteiger partial charge in [-0.2, -0.15) is 0 Å². The number of unbranched alkanes of at least 4 members (excludes halogenated alkanes) is 1. The summed E-state index contributed by atoms with van der Waals surface area (Å²) in [7, 11) is 0. The van der Waals surface area contributed by atoms with E-state index in [9.17, 15) is 14.7 Å². The number of aliphatic carboxylic acids is 1. The molecule has 1 aliphatic rings. The lowest BCUT2D eigenvalue weighted by molar-refractivity contribution is -0.298. The smallest absolute Gasteiger partial charge is 0.309 e. The molecule has 0 radical (unpaired) electrons. The minimum absolute atomic E-state index is 0.313. The molecule has 0 aromatic rings. The van der Waals surface area contributed by atoms with Gasteiger partial charge in [0.2, 0.25) is 0 Å². The second-order valence-electron chi connectivity index (χ2n) is 5.17. The van der Waals surface area contributed by atoms with Crippen LogP contribution in [0.2, 0.25) is 0 Å². The van der Waals surface area contributed by atoms with Gasteiger partial charge < -0.3 is 19.4 Å². The minimum atomic E-state index is -0.908. The third-order valence-corrected chi connectivity index (χ3v) is 3.12. The third kappa shape index (κ3) is 4.07.